The van der Waals surface area contributed by atoms with Gasteiger partial charge >= 0.3 is 0 Å². The highest BCUT2D eigenvalue weighted by Crippen LogP contribution is 2.36. The molecule has 2 rings (SSSR count). The fourth-order valence-electron chi connectivity index (χ4n) is 2.06. The lowest BCUT2D eigenvalue weighted by molar-refractivity contribution is 0.0950. The average molecular weight is 361 g/mol. The van der Waals surface area contributed by atoms with E-state index in [0.29, 0.717) is 34.0 Å². The fraction of sp³-hybridized carbons (Fsp3) is 0.462. The largest absolute Gasteiger partial charge is 0.352 e. The van der Waals surface area contributed by atoms with Gasteiger partial charge in [0.05, 0.1) is 4.90 Å². The number of amides is 1. The van der Waals surface area contributed by atoms with Crippen molar-refractivity contribution >= 4 is 31.9 Å². The molecule has 0 saturated heterocycles. The zero-order valence-corrected chi connectivity index (χ0v) is 13.7. The van der Waals surface area contributed by atoms with E-state index >= 15 is 0 Å². The maximum atomic E-state index is 12.2. The zero-order chi connectivity index (χ0) is 15.1. The molecule has 1 amide bonds. The van der Waals surface area contributed by atoms with Crippen LogP contribution in [0.25, 0.3) is 0 Å². The third kappa shape index (κ3) is 3.39. The molecule has 1 fully saturated rings. The van der Waals surface area contributed by atoms with E-state index in [1.54, 1.807) is 6.92 Å². The second-order valence-corrected chi connectivity index (χ2v) is 7.72. The Morgan fingerprint density at radius 1 is 1.50 bits per heavy atom. The number of hydrogen-bond acceptors (Lipinski definition) is 3. The third-order valence-corrected chi connectivity index (χ3v) is 5.41. The standard InChI is InChI=1S/C13H17BrN2O3S/c1-7-3-9(7)6-16-13(17)11-4-10(20(15,18)19)5-12(14)8(11)2/h4-5,7,9H,3,6H2,1-2H3,(H,16,17)(H2,15,18,19). The maximum absolute atomic E-state index is 12.2. The molecule has 0 aliphatic heterocycles. The summed E-state index contributed by atoms with van der Waals surface area (Å²) < 4.78 is 23.4. The molecule has 0 aromatic heterocycles. The smallest absolute Gasteiger partial charge is 0.251 e. The Bertz CT molecular complexity index is 658. The molecule has 0 spiro atoms. The molecule has 1 aromatic rings. The van der Waals surface area contributed by atoms with Gasteiger partial charge in [-0.1, -0.05) is 22.9 Å². The Balaban J connectivity index is 2.25. The molecule has 1 aliphatic carbocycles. The monoisotopic (exact) mass is 360 g/mol. The summed E-state index contributed by atoms with van der Waals surface area (Å²) in [5.41, 5.74) is 1.02. The highest BCUT2D eigenvalue weighted by Gasteiger charge is 2.32. The van der Waals surface area contributed by atoms with Crippen LogP contribution >= 0.6 is 15.9 Å². The molecule has 3 N–H and O–H groups in total. The lowest BCUT2D eigenvalue weighted by Gasteiger charge is -2.11. The number of carbonyl (C=O) groups excluding carboxylic acids is 1. The summed E-state index contributed by atoms with van der Waals surface area (Å²) in [7, 11) is -3.84. The van der Waals surface area contributed by atoms with Crippen molar-refractivity contribution in [2.45, 2.75) is 25.2 Å². The van der Waals surface area contributed by atoms with Crippen molar-refractivity contribution in [3.8, 4) is 0 Å². The SMILES string of the molecule is Cc1c(Br)cc(S(N)(=O)=O)cc1C(=O)NCC1CC1C. The van der Waals surface area contributed by atoms with Gasteiger partial charge in [0.1, 0.15) is 0 Å². The van der Waals surface area contributed by atoms with Crippen LogP contribution in [0.4, 0.5) is 0 Å². The first-order valence-electron chi connectivity index (χ1n) is 6.31. The maximum Gasteiger partial charge on any atom is 0.251 e. The van der Waals surface area contributed by atoms with Crippen LogP contribution in [-0.4, -0.2) is 20.9 Å². The second-order valence-electron chi connectivity index (χ2n) is 5.31. The van der Waals surface area contributed by atoms with E-state index in [4.69, 9.17) is 5.14 Å². The van der Waals surface area contributed by atoms with Crippen LogP contribution in [-0.2, 0) is 10.0 Å². The predicted octanol–water partition coefficient (Wildman–Crippen LogP) is 1.79. The quantitative estimate of drug-likeness (QED) is 0.857. The van der Waals surface area contributed by atoms with Gasteiger partial charge in [-0.15, -0.1) is 0 Å². The van der Waals surface area contributed by atoms with Gasteiger partial charge in [0.2, 0.25) is 10.0 Å². The molecular formula is C13H17BrN2O3S. The number of primary sulfonamides is 1. The molecule has 7 heteroatoms. The lowest BCUT2D eigenvalue weighted by atomic mass is 10.1. The van der Waals surface area contributed by atoms with E-state index in [9.17, 15) is 13.2 Å². The lowest BCUT2D eigenvalue weighted by Crippen LogP contribution is -2.27. The third-order valence-electron chi connectivity index (χ3n) is 3.69. The number of nitrogens with one attached hydrogen (secondary N) is 1. The second kappa shape index (κ2) is 5.46. The minimum Gasteiger partial charge on any atom is -0.352 e. The molecule has 0 heterocycles. The van der Waals surface area contributed by atoms with Crippen LogP contribution in [0.3, 0.4) is 0 Å². The topological polar surface area (TPSA) is 89.3 Å². The van der Waals surface area contributed by atoms with Gasteiger partial charge in [0, 0.05) is 16.6 Å². The van der Waals surface area contributed by atoms with Gasteiger partial charge in [-0.25, -0.2) is 13.6 Å². The number of rotatable bonds is 4. The van der Waals surface area contributed by atoms with E-state index in [1.165, 1.54) is 12.1 Å². The van der Waals surface area contributed by atoms with Crippen LogP contribution in [0, 0.1) is 18.8 Å². The van der Waals surface area contributed by atoms with Gasteiger partial charge in [-0.3, -0.25) is 4.79 Å². The summed E-state index contributed by atoms with van der Waals surface area (Å²) in [6.07, 6.45) is 1.13. The number of nitrogens with two attached hydrogens (primary N) is 1. The zero-order valence-electron chi connectivity index (χ0n) is 11.3. The van der Waals surface area contributed by atoms with Crippen molar-refractivity contribution in [3.05, 3.63) is 27.7 Å². The molecule has 5 nitrogen and oxygen atoms in total. The van der Waals surface area contributed by atoms with Gasteiger partial charge in [-0.2, -0.15) is 0 Å². The molecule has 1 aliphatic rings. The van der Waals surface area contributed by atoms with E-state index in [1.807, 2.05) is 0 Å². The molecule has 2 atom stereocenters. The summed E-state index contributed by atoms with van der Waals surface area (Å²) in [5.74, 6) is 0.913. The Morgan fingerprint density at radius 3 is 2.60 bits per heavy atom. The van der Waals surface area contributed by atoms with E-state index in [2.05, 4.69) is 28.2 Å². The summed E-state index contributed by atoms with van der Waals surface area (Å²) in [6, 6.07) is 2.73. The van der Waals surface area contributed by atoms with Crippen molar-refractivity contribution in [2.75, 3.05) is 6.54 Å². The van der Waals surface area contributed by atoms with Gasteiger partial charge in [0.15, 0.2) is 0 Å². The Labute approximate surface area is 127 Å². The normalized spacial score (nSPS) is 21.6. The molecule has 0 radical (unpaired) electrons. The Kier molecular flexibility index (Phi) is 4.22. The first-order valence-corrected chi connectivity index (χ1v) is 8.65. The number of halogens is 1. The number of carbonyl (C=O) groups is 1. The number of hydrogen-bond donors (Lipinski definition) is 2. The molecule has 2 unspecified atom stereocenters. The fourth-order valence-corrected chi connectivity index (χ4v) is 3.23. The van der Waals surface area contributed by atoms with Crippen molar-refractivity contribution < 1.29 is 13.2 Å². The average Bonchev–Trinajstić information content (AvgIpc) is 3.04. The Morgan fingerprint density at radius 2 is 2.10 bits per heavy atom. The van der Waals surface area contributed by atoms with Gasteiger partial charge < -0.3 is 5.32 Å². The molecule has 1 aromatic carbocycles. The summed E-state index contributed by atoms with van der Waals surface area (Å²) in [5, 5.41) is 7.96. The molecule has 20 heavy (non-hydrogen) atoms. The van der Waals surface area contributed by atoms with Crippen molar-refractivity contribution in [3.63, 3.8) is 0 Å². The molecule has 110 valence electrons. The van der Waals surface area contributed by atoms with Crippen molar-refractivity contribution in [1.82, 2.24) is 5.32 Å². The highest BCUT2D eigenvalue weighted by atomic mass is 79.9. The van der Waals surface area contributed by atoms with Crippen molar-refractivity contribution in [2.24, 2.45) is 17.0 Å². The molecule has 0 bridgehead atoms. The minimum absolute atomic E-state index is 0.0695. The molecular weight excluding hydrogens is 344 g/mol. The first kappa shape index (κ1) is 15.5. The van der Waals surface area contributed by atoms with Crippen molar-refractivity contribution in [1.29, 1.82) is 0 Å². The summed E-state index contributed by atoms with van der Waals surface area (Å²) in [6.45, 7) is 4.52. The number of benzene rings is 1. The Hall–Kier alpha value is -0.920. The highest BCUT2D eigenvalue weighted by molar-refractivity contribution is 9.10. The minimum atomic E-state index is -3.84. The van der Waals surface area contributed by atoms with E-state index < -0.39 is 10.0 Å². The molecule has 1 saturated carbocycles. The van der Waals surface area contributed by atoms with Crippen LogP contribution < -0.4 is 10.5 Å². The summed E-state index contributed by atoms with van der Waals surface area (Å²) >= 11 is 3.26. The van der Waals surface area contributed by atoms with Crippen LogP contribution in [0.5, 0.6) is 0 Å². The number of sulfonamides is 1. The predicted molar refractivity (Wildman–Crippen MR) is 79.9 cm³/mol. The first-order chi connectivity index (χ1) is 9.20. The summed E-state index contributed by atoms with van der Waals surface area (Å²) in [4.78, 5) is 12.1. The van der Waals surface area contributed by atoms with Gasteiger partial charge in [-0.05, 0) is 42.9 Å². The van der Waals surface area contributed by atoms with E-state index in [-0.39, 0.29) is 10.8 Å². The van der Waals surface area contributed by atoms with Crippen LogP contribution in [0.15, 0.2) is 21.5 Å². The van der Waals surface area contributed by atoms with Crippen LogP contribution in [0.1, 0.15) is 29.3 Å². The van der Waals surface area contributed by atoms with Crippen LogP contribution in [0.2, 0.25) is 0 Å². The van der Waals surface area contributed by atoms with Gasteiger partial charge in [0.25, 0.3) is 5.91 Å². The van der Waals surface area contributed by atoms with E-state index in [0.717, 1.165) is 6.42 Å².